The minimum absolute atomic E-state index is 0.0452. The second-order valence-electron chi connectivity index (χ2n) is 8.07. The Morgan fingerprint density at radius 3 is 2.96 bits per heavy atom. The normalized spacial score (nSPS) is 21.1. The number of ether oxygens (including phenoxy) is 1. The number of amides is 1. The molecule has 0 radical (unpaired) electrons. The lowest BCUT2D eigenvalue weighted by atomic mass is 9.90. The van der Waals surface area contributed by atoms with Gasteiger partial charge in [-0.15, -0.1) is 11.3 Å². The molecule has 3 rings (SSSR count). The molecule has 3 atom stereocenters. The van der Waals surface area contributed by atoms with E-state index in [0.717, 1.165) is 41.9 Å². The van der Waals surface area contributed by atoms with E-state index in [9.17, 15) is 4.79 Å². The van der Waals surface area contributed by atoms with Gasteiger partial charge in [-0.1, -0.05) is 25.6 Å². The van der Waals surface area contributed by atoms with Crippen LogP contribution in [0.1, 0.15) is 43.3 Å². The SMILES string of the molecule is C=CCOC(=O)N1C[C@@H](C)CC[C@@H]1c1ccc2sc(C[C@H](C)N(C)C)nc2c1. The van der Waals surface area contributed by atoms with Crippen LogP contribution in [-0.4, -0.2) is 54.2 Å². The number of likely N-dealkylation sites (N-methyl/N-ethyl adjacent to an activating group) is 1. The van der Waals surface area contributed by atoms with E-state index in [4.69, 9.17) is 9.72 Å². The number of piperidine rings is 1. The summed E-state index contributed by atoms with van der Waals surface area (Å²) in [5.74, 6) is 0.481. The summed E-state index contributed by atoms with van der Waals surface area (Å²) >= 11 is 1.76. The van der Waals surface area contributed by atoms with Gasteiger partial charge in [0.2, 0.25) is 0 Å². The Hall–Kier alpha value is -1.92. The number of fused-ring (bicyclic) bond motifs is 1. The number of aromatic nitrogens is 1. The van der Waals surface area contributed by atoms with Crippen LogP contribution >= 0.6 is 11.3 Å². The highest BCUT2D eigenvalue weighted by molar-refractivity contribution is 7.18. The maximum atomic E-state index is 12.6. The predicted molar refractivity (Wildman–Crippen MR) is 116 cm³/mol. The monoisotopic (exact) mass is 401 g/mol. The molecule has 2 heterocycles. The number of rotatable bonds is 6. The first-order chi connectivity index (χ1) is 13.4. The Morgan fingerprint density at radius 2 is 2.25 bits per heavy atom. The molecule has 1 aromatic carbocycles. The predicted octanol–water partition coefficient (Wildman–Crippen LogP) is 4.88. The third-order valence-electron chi connectivity index (χ3n) is 5.57. The van der Waals surface area contributed by atoms with Crippen molar-refractivity contribution in [1.82, 2.24) is 14.8 Å². The summed E-state index contributed by atoms with van der Waals surface area (Å²) in [6, 6.07) is 6.95. The Kier molecular flexibility index (Phi) is 6.73. The summed E-state index contributed by atoms with van der Waals surface area (Å²) in [7, 11) is 4.19. The number of likely N-dealkylation sites (tertiary alicyclic amines) is 1. The van der Waals surface area contributed by atoms with Crippen molar-refractivity contribution in [3.8, 4) is 0 Å². The lowest BCUT2D eigenvalue weighted by molar-refractivity contribution is 0.0677. The molecule has 1 saturated heterocycles. The lowest BCUT2D eigenvalue weighted by Crippen LogP contribution is -2.41. The van der Waals surface area contributed by atoms with Crippen LogP contribution < -0.4 is 0 Å². The van der Waals surface area contributed by atoms with Crippen LogP contribution in [0.3, 0.4) is 0 Å². The van der Waals surface area contributed by atoms with E-state index in [0.29, 0.717) is 12.0 Å². The molecule has 0 unspecified atom stereocenters. The van der Waals surface area contributed by atoms with E-state index < -0.39 is 0 Å². The third kappa shape index (κ3) is 4.73. The molecule has 1 fully saturated rings. The van der Waals surface area contributed by atoms with Crippen molar-refractivity contribution in [2.75, 3.05) is 27.2 Å². The van der Waals surface area contributed by atoms with Gasteiger partial charge in [0.25, 0.3) is 0 Å². The summed E-state index contributed by atoms with van der Waals surface area (Å²) in [5, 5.41) is 1.16. The molecule has 1 aliphatic rings. The number of nitrogens with zero attached hydrogens (tertiary/aromatic N) is 3. The molecule has 1 aliphatic heterocycles. The molecule has 0 spiro atoms. The van der Waals surface area contributed by atoms with Gasteiger partial charge in [0.05, 0.1) is 21.3 Å². The highest BCUT2D eigenvalue weighted by Crippen LogP contribution is 2.36. The third-order valence-corrected chi connectivity index (χ3v) is 6.63. The average molecular weight is 402 g/mol. The van der Waals surface area contributed by atoms with Crippen molar-refractivity contribution in [2.24, 2.45) is 5.92 Å². The van der Waals surface area contributed by atoms with Gasteiger partial charge in [-0.3, -0.25) is 0 Å². The smallest absolute Gasteiger partial charge is 0.410 e. The van der Waals surface area contributed by atoms with Crippen molar-refractivity contribution in [1.29, 1.82) is 0 Å². The highest BCUT2D eigenvalue weighted by atomic mass is 32.1. The maximum absolute atomic E-state index is 12.6. The van der Waals surface area contributed by atoms with Gasteiger partial charge in [0.1, 0.15) is 6.61 Å². The molecule has 0 saturated carbocycles. The molecule has 2 aromatic rings. The van der Waals surface area contributed by atoms with Gasteiger partial charge >= 0.3 is 6.09 Å². The molecule has 5 nitrogen and oxygen atoms in total. The molecule has 1 aromatic heterocycles. The van der Waals surface area contributed by atoms with Gasteiger partial charge in [-0.25, -0.2) is 9.78 Å². The molecule has 0 N–H and O–H groups in total. The standard InChI is InChI=1S/C22H31N3O2S/c1-6-11-27-22(26)25-14-15(2)7-9-19(25)17-8-10-20-18(13-17)23-21(28-20)12-16(3)24(4)5/h6,8,10,13,15-16,19H,1,7,9,11-12,14H2,2-5H3/t15-,16-,19+/m0/s1. The molecular formula is C22H31N3O2S. The lowest BCUT2D eigenvalue weighted by Gasteiger charge is -2.38. The maximum Gasteiger partial charge on any atom is 0.410 e. The zero-order valence-corrected chi connectivity index (χ0v) is 18.2. The number of thiazole rings is 1. The Labute approximate surface area is 172 Å². The van der Waals surface area contributed by atoms with Crippen molar-refractivity contribution in [2.45, 2.75) is 45.2 Å². The zero-order valence-electron chi connectivity index (χ0n) is 17.4. The van der Waals surface area contributed by atoms with Crippen LogP contribution in [0, 0.1) is 5.92 Å². The molecule has 28 heavy (non-hydrogen) atoms. The van der Waals surface area contributed by atoms with Crippen LogP contribution in [0.4, 0.5) is 4.79 Å². The van der Waals surface area contributed by atoms with E-state index in [1.165, 1.54) is 4.70 Å². The van der Waals surface area contributed by atoms with E-state index in [1.807, 2.05) is 4.90 Å². The van der Waals surface area contributed by atoms with Crippen LogP contribution in [-0.2, 0) is 11.2 Å². The fourth-order valence-corrected chi connectivity index (χ4v) is 4.70. The number of carbonyl (C=O) groups is 1. The fraction of sp³-hybridized carbons (Fsp3) is 0.545. The quantitative estimate of drug-likeness (QED) is 0.647. The second-order valence-corrected chi connectivity index (χ2v) is 9.18. The first kappa shape index (κ1) is 20.8. The first-order valence-corrected chi connectivity index (χ1v) is 10.8. The average Bonchev–Trinajstić information content (AvgIpc) is 3.07. The Morgan fingerprint density at radius 1 is 1.46 bits per heavy atom. The summed E-state index contributed by atoms with van der Waals surface area (Å²) < 4.78 is 6.54. The number of carbonyl (C=O) groups excluding carboxylic acids is 1. The van der Waals surface area contributed by atoms with Crippen molar-refractivity contribution in [3.05, 3.63) is 41.4 Å². The van der Waals surface area contributed by atoms with Gasteiger partial charge in [0.15, 0.2) is 0 Å². The largest absolute Gasteiger partial charge is 0.445 e. The number of benzene rings is 1. The van der Waals surface area contributed by atoms with Gasteiger partial charge in [0, 0.05) is 19.0 Å². The summed E-state index contributed by atoms with van der Waals surface area (Å²) in [6.45, 7) is 9.00. The van der Waals surface area contributed by atoms with E-state index in [2.05, 4.69) is 57.6 Å². The number of hydrogen-bond donors (Lipinski definition) is 0. The Bertz CT molecular complexity index is 832. The highest BCUT2D eigenvalue weighted by Gasteiger charge is 2.32. The first-order valence-electron chi connectivity index (χ1n) is 9.99. The van der Waals surface area contributed by atoms with Crippen LogP contribution in [0.15, 0.2) is 30.9 Å². The minimum Gasteiger partial charge on any atom is -0.445 e. The molecule has 152 valence electrons. The van der Waals surface area contributed by atoms with Gasteiger partial charge in [-0.2, -0.15) is 0 Å². The van der Waals surface area contributed by atoms with E-state index in [1.54, 1.807) is 17.4 Å². The summed E-state index contributed by atoms with van der Waals surface area (Å²) in [6.07, 6.45) is 4.36. The van der Waals surface area contributed by atoms with Gasteiger partial charge < -0.3 is 14.5 Å². The van der Waals surface area contributed by atoms with E-state index >= 15 is 0 Å². The minimum atomic E-state index is -0.254. The van der Waals surface area contributed by atoms with Crippen LogP contribution in [0.2, 0.25) is 0 Å². The second kappa shape index (κ2) is 9.05. The summed E-state index contributed by atoms with van der Waals surface area (Å²) in [5.41, 5.74) is 2.17. The van der Waals surface area contributed by atoms with E-state index in [-0.39, 0.29) is 18.7 Å². The Balaban J connectivity index is 1.83. The summed E-state index contributed by atoms with van der Waals surface area (Å²) in [4.78, 5) is 21.5. The molecule has 6 heteroatoms. The topological polar surface area (TPSA) is 45.7 Å². The molecule has 1 amide bonds. The number of hydrogen-bond acceptors (Lipinski definition) is 5. The van der Waals surface area contributed by atoms with Gasteiger partial charge in [-0.05, 0) is 57.5 Å². The molecule has 0 aliphatic carbocycles. The zero-order chi connectivity index (χ0) is 20.3. The van der Waals surface area contributed by atoms with Crippen molar-refractivity contribution >= 4 is 27.6 Å². The fourth-order valence-electron chi connectivity index (χ4n) is 3.64. The van der Waals surface area contributed by atoms with Crippen molar-refractivity contribution < 1.29 is 9.53 Å². The van der Waals surface area contributed by atoms with Crippen LogP contribution in [0.5, 0.6) is 0 Å². The van der Waals surface area contributed by atoms with Crippen molar-refractivity contribution in [3.63, 3.8) is 0 Å². The molecular weight excluding hydrogens is 370 g/mol. The molecule has 0 bridgehead atoms. The van der Waals surface area contributed by atoms with Crippen LogP contribution in [0.25, 0.3) is 10.2 Å².